The molecular formula is C26H32N4O2. The van der Waals surface area contributed by atoms with E-state index in [1.54, 1.807) is 34.9 Å². The van der Waals surface area contributed by atoms with Crippen molar-refractivity contribution in [2.24, 2.45) is 11.8 Å². The first-order valence-electron chi connectivity index (χ1n) is 11.4. The number of hydrogen-bond acceptors (Lipinski definition) is 4. The summed E-state index contributed by atoms with van der Waals surface area (Å²) < 4.78 is 1.59. The molecule has 168 valence electrons. The molecule has 1 amide bonds. The molecule has 2 heterocycles. The number of carbonyl (C=O) groups excluding carboxylic acids is 1. The number of likely N-dealkylation sites (tertiary alicyclic amines) is 1. The molecule has 1 fully saturated rings. The number of rotatable bonds is 5. The van der Waals surface area contributed by atoms with E-state index in [4.69, 9.17) is 0 Å². The second-order valence-corrected chi connectivity index (χ2v) is 9.40. The lowest BCUT2D eigenvalue weighted by atomic mass is 9.92. The minimum atomic E-state index is -0.107. The third-order valence-electron chi connectivity index (χ3n) is 6.19. The zero-order valence-corrected chi connectivity index (χ0v) is 19.3. The molecule has 0 spiro atoms. The van der Waals surface area contributed by atoms with E-state index in [9.17, 15) is 9.59 Å². The summed E-state index contributed by atoms with van der Waals surface area (Å²) in [6.07, 6.45) is 1.28. The molecule has 6 heteroatoms. The highest BCUT2D eigenvalue weighted by atomic mass is 16.1. The van der Waals surface area contributed by atoms with Gasteiger partial charge in [-0.2, -0.15) is 0 Å². The molecule has 3 aromatic rings. The van der Waals surface area contributed by atoms with Crippen LogP contribution in [0.15, 0.2) is 53.3 Å². The Labute approximate surface area is 189 Å². The summed E-state index contributed by atoms with van der Waals surface area (Å²) in [6, 6.07) is 14.5. The SMILES string of the molecule is Cc1nc2ccccc2c(=O)n1-c1ccc(C(=O)NC(C)CN2CC(C)CC(C)C2)cc1. The molecule has 0 radical (unpaired) electrons. The number of nitrogens with zero attached hydrogens (tertiary/aromatic N) is 3. The van der Waals surface area contributed by atoms with E-state index in [0.29, 0.717) is 39.8 Å². The number of para-hydroxylation sites is 1. The van der Waals surface area contributed by atoms with Crippen LogP contribution in [0.25, 0.3) is 16.6 Å². The highest BCUT2D eigenvalue weighted by Crippen LogP contribution is 2.21. The monoisotopic (exact) mass is 432 g/mol. The summed E-state index contributed by atoms with van der Waals surface area (Å²) in [5.41, 5.74) is 1.87. The summed E-state index contributed by atoms with van der Waals surface area (Å²) in [7, 11) is 0. The van der Waals surface area contributed by atoms with Gasteiger partial charge in [-0.1, -0.05) is 26.0 Å². The molecule has 0 saturated carbocycles. The maximum absolute atomic E-state index is 13.0. The van der Waals surface area contributed by atoms with Crippen molar-refractivity contribution in [3.8, 4) is 5.69 Å². The van der Waals surface area contributed by atoms with Gasteiger partial charge in [-0.15, -0.1) is 0 Å². The summed E-state index contributed by atoms with van der Waals surface area (Å²) in [4.78, 5) is 32.8. The van der Waals surface area contributed by atoms with Crippen molar-refractivity contribution in [2.75, 3.05) is 19.6 Å². The lowest BCUT2D eigenvalue weighted by molar-refractivity contribution is 0.0905. The molecule has 3 atom stereocenters. The molecule has 3 unspecified atom stereocenters. The summed E-state index contributed by atoms with van der Waals surface area (Å²) >= 11 is 0. The average Bonchev–Trinajstić information content (AvgIpc) is 2.73. The molecule has 1 aliphatic rings. The lowest BCUT2D eigenvalue weighted by Gasteiger charge is -2.36. The zero-order valence-electron chi connectivity index (χ0n) is 19.3. The van der Waals surface area contributed by atoms with Crippen LogP contribution in [0.5, 0.6) is 0 Å². The number of piperidine rings is 1. The first kappa shape index (κ1) is 22.2. The van der Waals surface area contributed by atoms with E-state index in [-0.39, 0.29) is 17.5 Å². The molecule has 32 heavy (non-hydrogen) atoms. The van der Waals surface area contributed by atoms with Gasteiger partial charge in [0.1, 0.15) is 5.82 Å². The minimum Gasteiger partial charge on any atom is -0.348 e. The molecule has 1 saturated heterocycles. The van der Waals surface area contributed by atoms with Gasteiger partial charge >= 0.3 is 0 Å². The number of hydrogen-bond donors (Lipinski definition) is 1. The third-order valence-corrected chi connectivity index (χ3v) is 6.19. The molecule has 2 aromatic carbocycles. The number of nitrogens with one attached hydrogen (secondary N) is 1. The van der Waals surface area contributed by atoms with Gasteiger partial charge in [-0.05, 0) is 68.5 Å². The Morgan fingerprint density at radius 1 is 1.09 bits per heavy atom. The Balaban J connectivity index is 1.46. The van der Waals surface area contributed by atoms with Crippen LogP contribution in [0, 0.1) is 18.8 Å². The Morgan fingerprint density at radius 2 is 1.75 bits per heavy atom. The van der Waals surface area contributed by atoms with Gasteiger partial charge in [0.15, 0.2) is 0 Å². The average molecular weight is 433 g/mol. The molecule has 4 rings (SSSR count). The second-order valence-electron chi connectivity index (χ2n) is 9.40. The van der Waals surface area contributed by atoms with E-state index < -0.39 is 0 Å². The van der Waals surface area contributed by atoms with Gasteiger partial charge < -0.3 is 10.2 Å². The van der Waals surface area contributed by atoms with Crippen molar-refractivity contribution in [3.05, 3.63) is 70.3 Å². The Bertz CT molecular complexity index is 1160. The third kappa shape index (κ3) is 4.75. The standard InChI is InChI=1S/C26H32N4O2/c1-17-13-18(2)15-29(14-17)16-19(3)27-25(31)21-9-11-22(12-10-21)30-20(4)28-24-8-6-5-7-23(24)26(30)32/h5-12,17-19H,13-16H2,1-4H3,(H,27,31). The van der Waals surface area contributed by atoms with Crippen molar-refractivity contribution in [3.63, 3.8) is 0 Å². The fourth-order valence-electron chi connectivity index (χ4n) is 4.99. The number of aromatic nitrogens is 2. The Hall–Kier alpha value is -2.99. The predicted molar refractivity (Wildman–Crippen MR) is 128 cm³/mol. The van der Waals surface area contributed by atoms with E-state index in [1.165, 1.54) is 6.42 Å². The van der Waals surface area contributed by atoms with Crippen LogP contribution in [-0.4, -0.2) is 46.0 Å². The van der Waals surface area contributed by atoms with Crippen LogP contribution in [0.2, 0.25) is 0 Å². The van der Waals surface area contributed by atoms with Gasteiger partial charge in [0.25, 0.3) is 11.5 Å². The minimum absolute atomic E-state index is 0.0641. The topological polar surface area (TPSA) is 67.2 Å². The number of amides is 1. The van der Waals surface area contributed by atoms with Crippen molar-refractivity contribution in [1.29, 1.82) is 0 Å². The summed E-state index contributed by atoms with van der Waals surface area (Å²) in [5, 5.41) is 3.70. The molecule has 1 aliphatic heterocycles. The van der Waals surface area contributed by atoms with E-state index >= 15 is 0 Å². The van der Waals surface area contributed by atoms with E-state index in [0.717, 1.165) is 19.6 Å². The number of carbonyl (C=O) groups is 1. The molecule has 6 nitrogen and oxygen atoms in total. The highest BCUT2D eigenvalue weighted by Gasteiger charge is 2.23. The van der Waals surface area contributed by atoms with Crippen molar-refractivity contribution in [2.45, 2.75) is 40.2 Å². The summed E-state index contributed by atoms with van der Waals surface area (Å²) in [5.74, 6) is 1.92. The lowest BCUT2D eigenvalue weighted by Crippen LogP contribution is -2.47. The zero-order chi connectivity index (χ0) is 22.8. The highest BCUT2D eigenvalue weighted by molar-refractivity contribution is 5.94. The molecule has 1 N–H and O–H groups in total. The second kappa shape index (κ2) is 9.25. The van der Waals surface area contributed by atoms with Gasteiger partial charge in [-0.25, -0.2) is 4.98 Å². The van der Waals surface area contributed by atoms with Crippen molar-refractivity contribution < 1.29 is 4.79 Å². The van der Waals surface area contributed by atoms with Gasteiger partial charge in [0.2, 0.25) is 0 Å². The van der Waals surface area contributed by atoms with E-state index in [1.807, 2.05) is 25.1 Å². The molecule has 1 aromatic heterocycles. The van der Waals surface area contributed by atoms with Crippen LogP contribution in [0.4, 0.5) is 0 Å². The maximum Gasteiger partial charge on any atom is 0.265 e. The van der Waals surface area contributed by atoms with Gasteiger partial charge in [-0.3, -0.25) is 14.2 Å². The number of aryl methyl sites for hydroxylation is 1. The van der Waals surface area contributed by atoms with Crippen molar-refractivity contribution >= 4 is 16.8 Å². The maximum atomic E-state index is 13.0. The van der Waals surface area contributed by atoms with Crippen LogP contribution < -0.4 is 10.9 Å². The number of benzene rings is 2. The predicted octanol–water partition coefficient (Wildman–Crippen LogP) is 3.79. The fraction of sp³-hybridized carbons (Fsp3) is 0.423. The van der Waals surface area contributed by atoms with Crippen LogP contribution in [-0.2, 0) is 0 Å². The number of fused-ring (bicyclic) bond motifs is 1. The molecule has 0 bridgehead atoms. The first-order chi connectivity index (χ1) is 15.3. The van der Waals surface area contributed by atoms with Crippen molar-refractivity contribution in [1.82, 2.24) is 19.8 Å². The quantitative estimate of drug-likeness (QED) is 0.666. The normalized spacial score (nSPS) is 20.2. The first-order valence-corrected chi connectivity index (χ1v) is 11.4. The van der Waals surface area contributed by atoms with Crippen LogP contribution >= 0.6 is 0 Å². The Morgan fingerprint density at radius 3 is 2.44 bits per heavy atom. The van der Waals surface area contributed by atoms with Gasteiger partial charge in [0, 0.05) is 31.2 Å². The Kier molecular flexibility index (Phi) is 6.42. The largest absolute Gasteiger partial charge is 0.348 e. The van der Waals surface area contributed by atoms with Crippen LogP contribution in [0.3, 0.4) is 0 Å². The van der Waals surface area contributed by atoms with Gasteiger partial charge in [0.05, 0.1) is 16.6 Å². The molecule has 0 aliphatic carbocycles. The van der Waals surface area contributed by atoms with Crippen LogP contribution in [0.1, 0.15) is 43.4 Å². The smallest absolute Gasteiger partial charge is 0.265 e. The van der Waals surface area contributed by atoms with E-state index in [2.05, 4.69) is 36.0 Å². The molecular weight excluding hydrogens is 400 g/mol. The fourth-order valence-corrected chi connectivity index (χ4v) is 4.99. The summed E-state index contributed by atoms with van der Waals surface area (Å²) in [6.45, 7) is 11.5.